The molecule has 0 aromatic heterocycles. The monoisotopic (exact) mass is 276 g/mol. The van der Waals surface area contributed by atoms with E-state index in [0.29, 0.717) is 13.2 Å². The predicted octanol–water partition coefficient (Wildman–Crippen LogP) is 1.07. The van der Waals surface area contributed by atoms with Gasteiger partial charge in [-0.1, -0.05) is 18.6 Å². The molecule has 0 saturated heterocycles. The van der Waals surface area contributed by atoms with Gasteiger partial charge in [-0.25, -0.2) is 0 Å². The van der Waals surface area contributed by atoms with Gasteiger partial charge in [0.15, 0.2) is 11.5 Å². The highest BCUT2D eigenvalue weighted by atomic mass is 16.6. The normalized spacial score (nSPS) is 28.1. The molecule has 0 spiro atoms. The number of ether oxygens (including phenoxy) is 2. The highest BCUT2D eigenvalue weighted by Crippen LogP contribution is 2.30. The van der Waals surface area contributed by atoms with Crippen molar-refractivity contribution < 1.29 is 14.3 Å². The zero-order valence-corrected chi connectivity index (χ0v) is 11.4. The van der Waals surface area contributed by atoms with Crippen LogP contribution in [0.15, 0.2) is 24.3 Å². The van der Waals surface area contributed by atoms with Crippen molar-refractivity contribution in [1.29, 1.82) is 0 Å². The smallest absolute Gasteiger partial charge is 0.224 e. The Morgan fingerprint density at radius 1 is 1.30 bits per heavy atom. The Bertz CT molecular complexity index is 492. The van der Waals surface area contributed by atoms with E-state index < -0.39 is 0 Å². The van der Waals surface area contributed by atoms with E-state index in [0.717, 1.165) is 30.8 Å². The molecule has 108 valence electrons. The molecule has 3 rings (SSSR count). The number of rotatable bonds is 3. The number of nitrogens with two attached hydrogens (primary N) is 1. The number of para-hydroxylation sites is 2. The molecule has 1 aliphatic carbocycles. The maximum atomic E-state index is 12.1. The van der Waals surface area contributed by atoms with Crippen LogP contribution in [0.1, 0.15) is 19.3 Å². The molecule has 1 fully saturated rings. The first kappa shape index (κ1) is 13.2. The van der Waals surface area contributed by atoms with E-state index in [2.05, 4.69) is 5.32 Å². The standard InChI is InChI=1S/C15H20N2O3/c16-12-5-3-4-11(12)15(18)17-8-10-9-19-13-6-1-2-7-14(13)20-10/h1-2,6-7,10-12H,3-5,8-9,16H2,(H,17,18). The van der Waals surface area contributed by atoms with Gasteiger partial charge in [-0.15, -0.1) is 0 Å². The van der Waals surface area contributed by atoms with E-state index in [1.165, 1.54) is 0 Å². The minimum Gasteiger partial charge on any atom is -0.486 e. The van der Waals surface area contributed by atoms with E-state index in [4.69, 9.17) is 15.2 Å². The summed E-state index contributed by atoms with van der Waals surface area (Å²) in [5.41, 5.74) is 5.94. The fourth-order valence-electron chi connectivity index (χ4n) is 2.82. The third-order valence-electron chi connectivity index (χ3n) is 3.98. The lowest BCUT2D eigenvalue weighted by atomic mass is 10.0. The topological polar surface area (TPSA) is 73.6 Å². The van der Waals surface area contributed by atoms with Crippen LogP contribution in [0.25, 0.3) is 0 Å². The molecule has 1 amide bonds. The molecule has 1 aromatic rings. The Hall–Kier alpha value is -1.75. The molecule has 0 bridgehead atoms. The molecule has 1 aliphatic heterocycles. The summed E-state index contributed by atoms with van der Waals surface area (Å²) >= 11 is 0. The first-order chi connectivity index (χ1) is 9.74. The zero-order valence-electron chi connectivity index (χ0n) is 11.4. The molecular weight excluding hydrogens is 256 g/mol. The minimum atomic E-state index is -0.147. The van der Waals surface area contributed by atoms with Crippen LogP contribution in [0.3, 0.4) is 0 Å². The maximum absolute atomic E-state index is 12.1. The molecule has 1 saturated carbocycles. The lowest BCUT2D eigenvalue weighted by molar-refractivity contribution is -0.125. The summed E-state index contributed by atoms with van der Waals surface area (Å²) in [5.74, 6) is 1.48. The molecule has 0 radical (unpaired) electrons. The molecule has 1 aromatic carbocycles. The molecular formula is C15H20N2O3. The fourth-order valence-corrected chi connectivity index (χ4v) is 2.82. The van der Waals surface area contributed by atoms with Crippen LogP contribution >= 0.6 is 0 Å². The van der Waals surface area contributed by atoms with E-state index in [1.54, 1.807) is 0 Å². The van der Waals surface area contributed by atoms with E-state index in [9.17, 15) is 4.79 Å². The molecule has 20 heavy (non-hydrogen) atoms. The van der Waals surface area contributed by atoms with Gasteiger partial charge < -0.3 is 20.5 Å². The van der Waals surface area contributed by atoms with Crippen molar-refractivity contribution in [2.24, 2.45) is 11.7 Å². The number of benzene rings is 1. The van der Waals surface area contributed by atoms with Crippen LogP contribution in [-0.4, -0.2) is 31.2 Å². The second-order valence-electron chi connectivity index (χ2n) is 5.44. The Morgan fingerprint density at radius 3 is 2.85 bits per heavy atom. The van der Waals surface area contributed by atoms with Crippen molar-refractivity contribution in [3.8, 4) is 11.5 Å². The van der Waals surface area contributed by atoms with Gasteiger partial charge in [0.1, 0.15) is 12.7 Å². The average molecular weight is 276 g/mol. The second kappa shape index (κ2) is 5.71. The van der Waals surface area contributed by atoms with Crippen LogP contribution in [0.5, 0.6) is 11.5 Å². The lowest BCUT2D eigenvalue weighted by Crippen LogP contribution is -2.45. The van der Waals surface area contributed by atoms with Crippen LogP contribution in [-0.2, 0) is 4.79 Å². The summed E-state index contributed by atoms with van der Waals surface area (Å²) in [7, 11) is 0. The molecule has 2 aliphatic rings. The van der Waals surface area contributed by atoms with Crippen molar-refractivity contribution in [2.45, 2.75) is 31.4 Å². The average Bonchev–Trinajstić information content (AvgIpc) is 2.91. The summed E-state index contributed by atoms with van der Waals surface area (Å²) < 4.78 is 11.4. The summed E-state index contributed by atoms with van der Waals surface area (Å²) in [6, 6.07) is 7.56. The molecule has 1 heterocycles. The number of hydrogen-bond acceptors (Lipinski definition) is 4. The highest BCUT2D eigenvalue weighted by Gasteiger charge is 2.31. The SMILES string of the molecule is NC1CCCC1C(=O)NCC1COc2ccccc2O1. The van der Waals surface area contributed by atoms with Gasteiger partial charge in [0, 0.05) is 6.04 Å². The summed E-state index contributed by atoms with van der Waals surface area (Å²) in [6.07, 6.45) is 2.72. The number of hydrogen-bond donors (Lipinski definition) is 2. The van der Waals surface area contributed by atoms with Crippen molar-refractivity contribution in [2.75, 3.05) is 13.2 Å². The van der Waals surface area contributed by atoms with Gasteiger partial charge in [-0.2, -0.15) is 0 Å². The second-order valence-corrected chi connectivity index (χ2v) is 5.44. The number of fused-ring (bicyclic) bond motifs is 1. The van der Waals surface area contributed by atoms with Crippen LogP contribution in [0.4, 0.5) is 0 Å². The van der Waals surface area contributed by atoms with Crippen LogP contribution in [0, 0.1) is 5.92 Å². The van der Waals surface area contributed by atoms with Crippen molar-refractivity contribution >= 4 is 5.91 Å². The third-order valence-corrected chi connectivity index (χ3v) is 3.98. The summed E-state index contributed by atoms with van der Waals surface area (Å²) in [5, 5.41) is 2.93. The largest absolute Gasteiger partial charge is 0.486 e. The predicted molar refractivity (Wildman–Crippen MR) is 74.7 cm³/mol. The third kappa shape index (κ3) is 2.72. The lowest BCUT2D eigenvalue weighted by Gasteiger charge is -2.27. The minimum absolute atomic E-state index is 0.000694. The van der Waals surface area contributed by atoms with E-state index in [-0.39, 0.29) is 24.0 Å². The fraction of sp³-hybridized carbons (Fsp3) is 0.533. The zero-order chi connectivity index (χ0) is 13.9. The number of carbonyl (C=O) groups is 1. The quantitative estimate of drug-likeness (QED) is 0.866. The van der Waals surface area contributed by atoms with Gasteiger partial charge in [-0.05, 0) is 25.0 Å². The van der Waals surface area contributed by atoms with Gasteiger partial charge in [0.05, 0.1) is 12.5 Å². The van der Waals surface area contributed by atoms with E-state index in [1.807, 2.05) is 24.3 Å². The Balaban J connectivity index is 1.51. The number of amides is 1. The van der Waals surface area contributed by atoms with Gasteiger partial charge in [0.2, 0.25) is 5.91 Å². The van der Waals surface area contributed by atoms with Crippen LogP contribution < -0.4 is 20.5 Å². The number of nitrogens with one attached hydrogen (secondary N) is 1. The highest BCUT2D eigenvalue weighted by molar-refractivity contribution is 5.79. The van der Waals surface area contributed by atoms with Gasteiger partial charge in [0.25, 0.3) is 0 Å². The molecule has 3 N–H and O–H groups in total. The first-order valence-corrected chi connectivity index (χ1v) is 7.16. The molecule has 5 heteroatoms. The van der Waals surface area contributed by atoms with Crippen molar-refractivity contribution in [1.82, 2.24) is 5.32 Å². The Labute approximate surface area is 118 Å². The maximum Gasteiger partial charge on any atom is 0.224 e. The molecule has 5 nitrogen and oxygen atoms in total. The first-order valence-electron chi connectivity index (χ1n) is 7.16. The molecule has 3 atom stereocenters. The van der Waals surface area contributed by atoms with Crippen LogP contribution in [0.2, 0.25) is 0 Å². The number of carbonyl (C=O) groups excluding carboxylic acids is 1. The van der Waals surface area contributed by atoms with Gasteiger partial charge >= 0.3 is 0 Å². The van der Waals surface area contributed by atoms with Crippen molar-refractivity contribution in [3.63, 3.8) is 0 Å². The molecule has 3 unspecified atom stereocenters. The van der Waals surface area contributed by atoms with Gasteiger partial charge in [-0.3, -0.25) is 4.79 Å². The Morgan fingerprint density at radius 2 is 2.10 bits per heavy atom. The summed E-state index contributed by atoms with van der Waals surface area (Å²) in [4.78, 5) is 12.1. The Kier molecular flexibility index (Phi) is 3.78. The van der Waals surface area contributed by atoms with Crippen molar-refractivity contribution in [3.05, 3.63) is 24.3 Å². The summed E-state index contributed by atoms with van der Waals surface area (Å²) in [6.45, 7) is 0.907. The van der Waals surface area contributed by atoms with E-state index >= 15 is 0 Å².